The van der Waals surface area contributed by atoms with Crippen molar-refractivity contribution in [1.82, 2.24) is 0 Å². The van der Waals surface area contributed by atoms with E-state index in [9.17, 15) is 19.2 Å². The third-order valence-electron chi connectivity index (χ3n) is 6.34. The second kappa shape index (κ2) is 9.66. The third kappa shape index (κ3) is 4.45. The minimum atomic E-state index is -1.17. The van der Waals surface area contributed by atoms with Gasteiger partial charge in [0.1, 0.15) is 0 Å². The van der Waals surface area contributed by atoms with Crippen LogP contribution in [0.4, 0.5) is 5.69 Å². The Kier molecular flexibility index (Phi) is 6.24. The highest BCUT2D eigenvalue weighted by molar-refractivity contribution is 6.35. The van der Waals surface area contributed by atoms with Crippen molar-refractivity contribution < 1.29 is 23.9 Å². The zero-order chi connectivity index (χ0) is 26.1. The predicted molar refractivity (Wildman–Crippen MR) is 139 cm³/mol. The lowest BCUT2D eigenvalue weighted by molar-refractivity contribution is 0.0280. The minimum Gasteiger partial charge on any atom is -0.445 e. The number of rotatable bonds is 6. The molecule has 0 spiro atoms. The van der Waals surface area contributed by atoms with E-state index in [1.165, 1.54) is 18.2 Å². The smallest absolute Gasteiger partial charge is 0.339 e. The molecule has 0 saturated heterocycles. The number of carbonyl (C=O) groups excluding carboxylic acids is 4. The van der Waals surface area contributed by atoms with Crippen LogP contribution in [-0.2, 0) is 4.74 Å². The second-order valence-electron chi connectivity index (χ2n) is 8.92. The van der Waals surface area contributed by atoms with Gasteiger partial charge in [-0.25, -0.2) is 9.69 Å². The molecule has 1 atom stereocenters. The quantitative estimate of drug-likeness (QED) is 0.192. The van der Waals surface area contributed by atoms with Gasteiger partial charge >= 0.3 is 5.97 Å². The Morgan fingerprint density at radius 2 is 1.35 bits per heavy atom. The first-order chi connectivity index (χ1) is 17.8. The lowest BCUT2D eigenvalue weighted by Gasteiger charge is -2.18. The van der Waals surface area contributed by atoms with E-state index in [2.05, 4.69) is 0 Å². The highest BCUT2D eigenvalue weighted by Crippen LogP contribution is 2.32. The summed E-state index contributed by atoms with van der Waals surface area (Å²) < 4.78 is 5.71. The monoisotopic (exact) mass is 489 g/mol. The zero-order valence-corrected chi connectivity index (χ0v) is 20.3. The highest BCUT2D eigenvalue weighted by atomic mass is 16.5. The third-order valence-corrected chi connectivity index (χ3v) is 6.34. The molecule has 0 bridgehead atoms. The molecule has 4 aromatic rings. The van der Waals surface area contributed by atoms with Crippen LogP contribution in [-0.4, -0.2) is 23.6 Å². The van der Waals surface area contributed by atoms with Crippen LogP contribution in [0.15, 0.2) is 97.1 Å². The molecule has 1 heterocycles. The van der Waals surface area contributed by atoms with Gasteiger partial charge in [0.15, 0.2) is 6.10 Å². The van der Waals surface area contributed by atoms with Crippen LogP contribution in [0.2, 0.25) is 0 Å². The summed E-state index contributed by atoms with van der Waals surface area (Å²) in [7, 11) is 0. The topological polar surface area (TPSA) is 80.8 Å². The van der Waals surface area contributed by atoms with Crippen molar-refractivity contribution in [1.29, 1.82) is 0 Å². The van der Waals surface area contributed by atoms with Gasteiger partial charge in [0.05, 0.1) is 22.4 Å². The van der Waals surface area contributed by atoms with E-state index in [1.807, 2.05) is 26.0 Å². The van der Waals surface area contributed by atoms with E-state index in [-0.39, 0.29) is 22.5 Å². The van der Waals surface area contributed by atoms with Gasteiger partial charge in [-0.2, -0.15) is 0 Å². The fourth-order valence-corrected chi connectivity index (χ4v) is 4.47. The van der Waals surface area contributed by atoms with E-state index < -0.39 is 23.9 Å². The molecule has 0 fully saturated rings. The Morgan fingerprint density at radius 3 is 2.03 bits per heavy atom. The number of aryl methyl sites for hydroxylation is 2. The number of hydrogen-bond acceptors (Lipinski definition) is 5. The van der Waals surface area contributed by atoms with Crippen LogP contribution < -0.4 is 4.90 Å². The first kappa shape index (κ1) is 23.9. The number of esters is 1. The molecule has 37 heavy (non-hydrogen) atoms. The van der Waals surface area contributed by atoms with Crippen LogP contribution in [0.25, 0.3) is 0 Å². The molecule has 6 nitrogen and oxygen atoms in total. The first-order valence-corrected chi connectivity index (χ1v) is 11.8. The number of benzene rings is 4. The van der Waals surface area contributed by atoms with Gasteiger partial charge < -0.3 is 4.74 Å². The number of ketones is 1. The Morgan fingerprint density at radius 1 is 0.703 bits per heavy atom. The van der Waals surface area contributed by atoms with Crippen molar-refractivity contribution in [3.63, 3.8) is 0 Å². The molecule has 182 valence electrons. The normalized spacial score (nSPS) is 13.3. The van der Waals surface area contributed by atoms with Gasteiger partial charge in [0.2, 0.25) is 5.78 Å². The van der Waals surface area contributed by atoms with E-state index >= 15 is 0 Å². The van der Waals surface area contributed by atoms with Crippen LogP contribution in [0.3, 0.4) is 0 Å². The number of fused-ring (bicyclic) bond motifs is 1. The molecule has 2 amide bonds. The summed E-state index contributed by atoms with van der Waals surface area (Å²) in [5.41, 5.74) is 3.63. The molecular formula is C31H23NO5. The van der Waals surface area contributed by atoms with E-state index in [0.717, 1.165) is 16.0 Å². The maximum absolute atomic E-state index is 13.3. The van der Waals surface area contributed by atoms with Crippen molar-refractivity contribution in [2.24, 2.45) is 0 Å². The second-order valence-corrected chi connectivity index (χ2v) is 8.92. The largest absolute Gasteiger partial charge is 0.445 e. The molecule has 0 saturated carbocycles. The molecule has 6 heteroatoms. The molecule has 0 aliphatic carbocycles. The number of Topliss-reactive ketones (excluding diaryl/α,β-unsaturated/α-hetero) is 1. The van der Waals surface area contributed by atoms with Gasteiger partial charge in [-0.15, -0.1) is 0 Å². The Balaban J connectivity index is 1.45. The molecule has 0 radical (unpaired) electrons. The lowest BCUT2D eigenvalue weighted by atomic mass is 9.99. The SMILES string of the molecule is Cc1ccc(N2C(=O)c3ccc(C(=O)O[C@H](C(=O)c4ccccc4)c4ccccc4)cc3C2=O)c(C)c1. The van der Waals surface area contributed by atoms with Crippen LogP contribution in [0.1, 0.15) is 64.2 Å². The summed E-state index contributed by atoms with van der Waals surface area (Å²) in [4.78, 5) is 53.9. The fraction of sp³-hybridized carbons (Fsp3) is 0.0968. The Hall–Kier alpha value is -4.84. The van der Waals surface area contributed by atoms with Crippen molar-refractivity contribution in [3.8, 4) is 0 Å². The molecule has 4 aromatic carbocycles. The van der Waals surface area contributed by atoms with Crippen LogP contribution in [0.5, 0.6) is 0 Å². The standard InChI is InChI=1S/C31H23NO5/c1-19-13-16-26(20(2)17-19)32-29(34)24-15-14-23(18-25(24)30(32)35)31(36)37-28(22-11-7-4-8-12-22)27(33)21-9-5-3-6-10-21/h3-18,28H,1-2H3/t28-/m0/s1. The number of hydrogen-bond donors (Lipinski definition) is 0. The number of ether oxygens (including phenoxy) is 1. The summed E-state index contributed by atoms with van der Waals surface area (Å²) >= 11 is 0. The first-order valence-electron chi connectivity index (χ1n) is 11.8. The van der Waals surface area contributed by atoms with Crippen molar-refractivity contribution >= 4 is 29.3 Å². The molecule has 0 N–H and O–H groups in total. The number of amides is 2. The highest BCUT2D eigenvalue weighted by Gasteiger charge is 2.38. The van der Waals surface area contributed by atoms with Gasteiger partial charge in [0.25, 0.3) is 11.8 Å². The summed E-state index contributed by atoms with van der Waals surface area (Å²) in [6.07, 6.45) is -1.17. The molecule has 1 aliphatic rings. The van der Waals surface area contributed by atoms with Crippen molar-refractivity contribution in [2.75, 3.05) is 4.90 Å². The van der Waals surface area contributed by atoms with Crippen molar-refractivity contribution in [2.45, 2.75) is 20.0 Å². The molecular weight excluding hydrogens is 466 g/mol. The molecule has 1 aliphatic heterocycles. The molecule has 0 aromatic heterocycles. The van der Waals surface area contributed by atoms with Gasteiger partial charge in [-0.3, -0.25) is 14.4 Å². The maximum atomic E-state index is 13.3. The molecule has 5 rings (SSSR count). The minimum absolute atomic E-state index is 0.0733. The summed E-state index contributed by atoms with van der Waals surface area (Å²) in [5, 5.41) is 0. The average molecular weight is 490 g/mol. The van der Waals surface area contributed by atoms with Gasteiger partial charge in [-0.1, -0.05) is 78.4 Å². The fourth-order valence-electron chi connectivity index (χ4n) is 4.47. The number of carbonyl (C=O) groups is 4. The van der Waals surface area contributed by atoms with E-state index in [1.54, 1.807) is 66.7 Å². The van der Waals surface area contributed by atoms with Crippen LogP contribution in [0, 0.1) is 13.8 Å². The maximum Gasteiger partial charge on any atom is 0.339 e. The zero-order valence-electron chi connectivity index (χ0n) is 20.3. The molecule has 0 unspecified atom stereocenters. The number of anilines is 1. The van der Waals surface area contributed by atoms with Crippen LogP contribution >= 0.6 is 0 Å². The predicted octanol–water partition coefficient (Wildman–Crippen LogP) is 5.89. The Labute approximate surface area is 214 Å². The summed E-state index contributed by atoms with van der Waals surface area (Å²) in [5.74, 6) is -2.10. The van der Waals surface area contributed by atoms with Crippen molar-refractivity contribution in [3.05, 3.63) is 136 Å². The van der Waals surface area contributed by atoms with E-state index in [0.29, 0.717) is 16.8 Å². The lowest BCUT2D eigenvalue weighted by Crippen LogP contribution is -2.30. The number of nitrogens with zero attached hydrogens (tertiary/aromatic N) is 1. The Bertz CT molecular complexity index is 1540. The summed E-state index contributed by atoms with van der Waals surface area (Å²) in [6.45, 7) is 3.77. The number of imide groups is 1. The summed E-state index contributed by atoms with van der Waals surface area (Å²) in [6, 6.07) is 27.1. The van der Waals surface area contributed by atoms with E-state index in [4.69, 9.17) is 4.74 Å². The average Bonchev–Trinajstić information content (AvgIpc) is 3.17. The van der Waals surface area contributed by atoms with Gasteiger partial charge in [-0.05, 0) is 43.7 Å². The van der Waals surface area contributed by atoms with Gasteiger partial charge in [0, 0.05) is 11.1 Å².